The van der Waals surface area contributed by atoms with E-state index in [1.54, 1.807) is 0 Å². The average molecular weight is 208 g/mol. The lowest BCUT2D eigenvalue weighted by Gasteiger charge is -2.30. The Labute approximate surface area is 69.7 Å². The maximum absolute atomic E-state index is 12.6. The van der Waals surface area contributed by atoms with Crippen molar-refractivity contribution in [2.75, 3.05) is 0 Å². The fraction of sp³-hybridized carbons (Fsp3) is 0.667. The van der Waals surface area contributed by atoms with E-state index in [-0.39, 0.29) is 0 Å². The number of halogens is 6. The van der Waals surface area contributed by atoms with E-state index in [9.17, 15) is 26.3 Å². The van der Waals surface area contributed by atoms with Crippen molar-refractivity contribution in [3.8, 4) is 0 Å². The fourth-order valence-corrected chi connectivity index (χ4v) is 0.608. The first-order valence-electron chi connectivity index (χ1n) is 3.03. The Hall–Kier alpha value is -0.720. The summed E-state index contributed by atoms with van der Waals surface area (Å²) in [5.41, 5.74) is -4.97. The molecule has 0 amide bonds. The molecule has 0 aromatic carbocycles. The van der Waals surface area contributed by atoms with Crippen LogP contribution < -0.4 is 0 Å². The van der Waals surface area contributed by atoms with E-state index < -0.39 is 24.4 Å². The third-order valence-electron chi connectivity index (χ3n) is 1.35. The number of allylic oxidation sites excluding steroid dienone is 1. The fourth-order valence-electron chi connectivity index (χ4n) is 0.608. The lowest BCUT2D eigenvalue weighted by Crippen LogP contribution is -2.55. The predicted octanol–water partition coefficient (Wildman–Crippen LogP) is 2.42. The van der Waals surface area contributed by atoms with Crippen LogP contribution in [-0.4, -0.2) is 23.1 Å². The molecule has 0 aliphatic heterocycles. The van der Waals surface area contributed by atoms with Gasteiger partial charge in [0.05, 0.1) is 0 Å². The van der Waals surface area contributed by atoms with Crippen LogP contribution in [-0.2, 0) is 0 Å². The largest absolute Gasteiger partial charge is 0.431 e. The first-order valence-corrected chi connectivity index (χ1v) is 3.03. The van der Waals surface area contributed by atoms with E-state index in [2.05, 4.69) is 6.58 Å². The van der Waals surface area contributed by atoms with Gasteiger partial charge in [-0.05, 0) is 0 Å². The monoisotopic (exact) mass is 208 g/mol. The average Bonchev–Trinajstić information content (AvgIpc) is 1.82. The van der Waals surface area contributed by atoms with Crippen molar-refractivity contribution in [3.63, 3.8) is 0 Å². The summed E-state index contributed by atoms with van der Waals surface area (Å²) in [5.74, 6) is 0. The molecule has 0 aromatic heterocycles. The highest BCUT2D eigenvalue weighted by Crippen LogP contribution is 2.46. The first kappa shape index (κ1) is 12.3. The van der Waals surface area contributed by atoms with Gasteiger partial charge in [-0.15, -0.1) is 6.58 Å². The maximum Gasteiger partial charge on any atom is 0.431 e. The first-order chi connectivity index (χ1) is 5.56. The summed E-state index contributed by atoms with van der Waals surface area (Å²) in [6, 6.07) is 0. The number of rotatable bonds is 3. The number of aliphatic hydroxyl groups is 1. The highest BCUT2D eigenvalue weighted by atomic mass is 19.4. The Morgan fingerprint density at radius 1 is 1.08 bits per heavy atom. The molecule has 1 nitrogen and oxygen atoms in total. The molecular weight excluding hydrogens is 202 g/mol. The molecule has 0 bridgehead atoms. The molecule has 0 heterocycles. The van der Waals surface area contributed by atoms with E-state index in [0.717, 1.165) is 0 Å². The summed E-state index contributed by atoms with van der Waals surface area (Å²) in [5, 5.41) is 7.73. The van der Waals surface area contributed by atoms with Gasteiger partial charge in [0.2, 0.25) is 0 Å². The summed E-state index contributed by atoms with van der Waals surface area (Å²) < 4.78 is 71.5. The van der Waals surface area contributed by atoms with Crippen molar-refractivity contribution < 1.29 is 31.4 Å². The van der Waals surface area contributed by atoms with Gasteiger partial charge in [0.25, 0.3) is 5.67 Å². The molecule has 78 valence electrons. The second kappa shape index (κ2) is 3.21. The molecule has 0 radical (unpaired) electrons. The smallest absolute Gasteiger partial charge is 0.333 e. The van der Waals surface area contributed by atoms with E-state index in [0.29, 0.717) is 6.08 Å². The van der Waals surface area contributed by atoms with Crippen LogP contribution in [0.25, 0.3) is 0 Å². The summed E-state index contributed by atoms with van der Waals surface area (Å²) in [7, 11) is 0. The molecule has 1 atom stereocenters. The predicted molar refractivity (Wildman–Crippen MR) is 31.9 cm³/mol. The summed E-state index contributed by atoms with van der Waals surface area (Å²) in [6.45, 7) is 2.69. The van der Waals surface area contributed by atoms with Gasteiger partial charge < -0.3 is 5.11 Å². The van der Waals surface area contributed by atoms with Gasteiger partial charge in [0, 0.05) is 6.42 Å². The normalized spacial score (nSPS) is 18.1. The van der Waals surface area contributed by atoms with Crippen molar-refractivity contribution in [1.29, 1.82) is 0 Å². The summed E-state index contributed by atoms with van der Waals surface area (Å²) in [4.78, 5) is 0. The highest BCUT2D eigenvalue weighted by Gasteiger charge is 2.70. The molecule has 13 heavy (non-hydrogen) atoms. The van der Waals surface area contributed by atoms with E-state index in [1.165, 1.54) is 0 Å². The SMILES string of the molecule is C=CCC(F)(C(O)(F)F)C(F)(F)F. The van der Waals surface area contributed by atoms with Gasteiger partial charge >= 0.3 is 12.3 Å². The van der Waals surface area contributed by atoms with Crippen LogP contribution >= 0.6 is 0 Å². The second-order valence-electron chi connectivity index (χ2n) is 2.33. The minimum Gasteiger partial charge on any atom is -0.333 e. The van der Waals surface area contributed by atoms with Crippen LogP contribution in [0.15, 0.2) is 12.7 Å². The van der Waals surface area contributed by atoms with Gasteiger partial charge in [0.1, 0.15) is 0 Å². The van der Waals surface area contributed by atoms with E-state index in [1.807, 2.05) is 0 Å². The molecule has 1 N–H and O–H groups in total. The Balaban J connectivity index is 5.07. The molecule has 0 aliphatic carbocycles. The second-order valence-corrected chi connectivity index (χ2v) is 2.33. The zero-order chi connectivity index (χ0) is 10.9. The van der Waals surface area contributed by atoms with E-state index in [4.69, 9.17) is 5.11 Å². The van der Waals surface area contributed by atoms with Crippen molar-refractivity contribution >= 4 is 0 Å². The van der Waals surface area contributed by atoms with Gasteiger partial charge in [-0.25, -0.2) is 4.39 Å². The van der Waals surface area contributed by atoms with Gasteiger partial charge in [0.15, 0.2) is 0 Å². The maximum atomic E-state index is 12.6. The van der Waals surface area contributed by atoms with Crippen LogP contribution in [0.2, 0.25) is 0 Å². The van der Waals surface area contributed by atoms with Crippen LogP contribution in [0.4, 0.5) is 26.3 Å². The molecule has 7 heteroatoms. The molecule has 0 aromatic rings. The van der Waals surface area contributed by atoms with E-state index >= 15 is 0 Å². The minimum absolute atomic E-state index is 0.317. The topological polar surface area (TPSA) is 20.2 Å². The third kappa shape index (κ3) is 2.15. The molecule has 0 aliphatic rings. The lowest BCUT2D eigenvalue weighted by molar-refractivity contribution is -0.367. The molecule has 0 saturated heterocycles. The van der Waals surface area contributed by atoms with Crippen LogP contribution in [0, 0.1) is 0 Å². The quantitative estimate of drug-likeness (QED) is 0.557. The minimum atomic E-state index is -5.85. The molecule has 0 saturated carbocycles. The van der Waals surface area contributed by atoms with Crippen molar-refractivity contribution in [1.82, 2.24) is 0 Å². The van der Waals surface area contributed by atoms with Crippen LogP contribution in [0.5, 0.6) is 0 Å². The number of hydrogen-bond acceptors (Lipinski definition) is 1. The summed E-state index contributed by atoms with van der Waals surface area (Å²) in [6.07, 6.45) is -12.7. The van der Waals surface area contributed by atoms with Crippen molar-refractivity contribution in [3.05, 3.63) is 12.7 Å². The zero-order valence-corrected chi connectivity index (χ0v) is 6.21. The van der Waals surface area contributed by atoms with Crippen LogP contribution in [0.1, 0.15) is 6.42 Å². The zero-order valence-electron chi connectivity index (χ0n) is 6.21. The Morgan fingerprint density at radius 2 is 1.46 bits per heavy atom. The standard InChI is InChI=1S/C6H6F6O/c1-2-3-4(7,5(8,9)10)6(11,12)13/h2,13H,1,3H2. The third-order valence-corrected chi connectivity index (χ3v) is 1.35. The van der Waals surface area contributed by atoms with Crippen molar-refractivity contribution in [2.24, 2.45) is 0 Å². The molecule has 0 fully saturated rings. The van der Waals surface area contributed by atoms with Gasteiger partial charge in [-0.2, -0.15) is 22.0 Å². The molecule has 0 rings (SSSR count). The highest BCUT2D eigenvalue weighted by molar-refractivity contribution is 4.98. The van der Waals surface area contributed by atoms with Crippen LogP contribution in [0.3, 0.4) is 0 Å². The van der Waals surface area contributed by atoms with Crippen molar-refractivity contribution in [2.45, 2.75) is 24.4 Å². The van der Waals surface area contributed by atoms with Gasteiger partial charge in [-0.1, -0.05) is 6.08 Å². The Kier molecular flexibility index (Phi) is 3.03. The Bertz CT molecular complexity index is 176. The molecular formula is C6H6F6O. The number of alkyl halides is 6. The van der Waals surface area contributed by atoms with Gasteiger partial charge in [-0.3, -0.25) is 0 Å². The number of hydrogen-bond donors (Lipinski definition) is 1. The molecule has 1 unspecified atom stereocenters. The lowest BCUT2D eigenvalue weighted by atomic mass is 10.00. The summed E-state index contributed by atoms with van der Waals surface area (Å²) >= 11 is 0. The molecule has 0 spiro atoms. The Morgan fingerprint density at radius 3 is 1.54 bits per heavy atom.